The van der Waals surface area contributed by atoms with Crippen LogP contribution in [-0.4, -0.2) is 28.8 Å². The van der Waals surface area contributed by atoms with Crippen LogP contribution in [0.3, 0.4) is 0 Å². The summed E-state index contributed by atoms with van der Waals surface area (Å²) in [5.74, 6) is 0.862. The molecule has 1 saturated carbocycles. The van der Waals surface area contributed by atoms with Crippen molar-refractivity contribution >= 4 is 41.5 Å². The highest BCUT2D eigenvalue weighted by molar-refractivity contribution is 14.0. The molecule has 0 amide bonds. The molecule has 3 rings (SSSR count). The van der Waals surface area contributed by atoms with E-state index >= 15 is 0 Å². The molecule has 1 aliphatic rings. The molecule has 5 nitrogen and oxygen atoms in total. The maximum Gasteiger partial charge on any atom is 0.191 e. The van der Waals surface area contributed by atoms with Gasteiger partial charge in [0.25, 0.3) is 0 Å². The normalized spacial score (nSPS) is 15.5. The summed E-state index contributed by atoms with van der Waals surface area (Å²) in [6, 6.07) is 8.19. The fraction of sp³-hybridized carbons (Fsp3) is 0.444. The molecule has 0 bridgehead atoms. The van der Waals surface area contributed by atoms with E-state index in [0.717, 1.165) is 22.2 Å². The molecule has 7 heteroatoms. The number of benzene rings is 1. The van der Waals surface area contributed by atoms with Gasteiger partial charge in [-0.3, -0.25) is 4.99 Å². The van der Waals surface area contributed by atoms with Crippen LogP contribution in [0, 0.1) is 0 Å². The number of rotatable bonds is 4. The zero-order valence-corrected chi connectivity index (χ0v) is 17.5. The van der Waals surface area contributed by atoms with Crippen molar-refractivity contribution in [2.75, 3.05) is 7.05 Å². The molecule has 0 aliphatic heterocycles. The molecule has 0 radical (unpaired) electrons. The van der Waals surface area contributed by atoms with Crippen LogP contribution in [0.25, 0.3) is 5.69 Å². The lowest BCUT2D eigenvalue weighted by molar-refractivity contribution is 0.410. The van der Waals surface area contributed by atoms with E-state index in [0.29, 0.717) is 12.6 Å². The zero-order valence-electron chi connectivity index (χ0n) is 14.4. The Hall–Kier alpha value is -1.28. The van der Waals surface area contributed by atoms with Gasteiger partial charge in [0.1, 0.15) is 0 Å². The van der Waals surface area contributed by atoms with Crippen molar-refractivity contribution in [3.05, 3.63) is 47.2 Å². The lowest BCUT2D eigenvalue weighted by Gasteiger charge is -2.24. The van der Waals surface area contributed by atoms with Crippen molar-refractivity contribution in [1.82, 2.24) is 20.4 Å². The van der Waals surface area contributed by atoms with Crippen molar-refractivity contribution in [2.45, 2.75) is 44.7 Å². The van der Waals surface area contributed by atoms with Crippen LogP contribution in [-0.2, 0) is 6.54 Å². The molecule has 1 aliphatic carbocycles. The second-order valence-corrected chi connectivity index (χ2v) is 6.61. The quantitative estimate of drug-likeness (QED) is 0.399. The molecule has 1 aromatic carbocycles. The number of nitrogens with zero attached hydrogens (tertiary/aromatic N) is 3. The minimum atomic E-state index is 0. The van der Waals surface area contributed by atoms with Gasteiger partial charge >= 0.3 is 0 Å². The number of hydrogen-bond acceptors (Lipinski definition) is 2. The molecule has 0 atom stereocenters. The van der Waals surface area contributed by atoms with Crippen LogP contribution in [0.1, 0.15) is 37.7 Å². The third-order valence-electron chi connectivity index (χ3n) is 4.36. The molecule has 0 spiro atoms. The summed E-state index contributed by atoms with van der Waals surface area (Å²) in [6.07, 6.45) is 10.3. The first-order chi connectivity index (χ1) is 11.7. The first-order valence-electron chi connectivity index (χ1n) is 8.51. The maximum absolute atomic E-state index is 5.93. The monoisotopic (exact) mass is 473 g/mol. The minimum Gasteiger partial charge on any atom is -0.354 e. The lowest BCUT2D eigenvalue weighted by atomic mass is 9.96. The minimum absolute atomic E-state index is 0. The van der Waals surface area contributed by atoms with Gasteiger partial charge in [-0.05, 0) is 37.1 Å². The lowest BCUT2D eigenvalue weighted by Crippen LogP contribution is -2.43. The third-order valence-corrected chi connectivity index (χ3v) is 4.61. The first-order valence-corrected chi connectivity index (χ1v) is 8.89. The Morgan fingerprint density at radius 2 is 1.96 bits per heavy atom. The Labute approximate surface area is 171 Å². The van der Waals surface area contributed by atoms with Gasteiger partial charge in [0.15, 0.2) is 5.96 Å². The van der Waals surface area contributed by atoms with Crippen LogP contribution >= 0.6 is 35.6 Å². The molecular weight excluding hydrogens is 449 g/mol. The average Bonchev–Trinajstić information content (AvgIpc) is 3.09. The van der Waals surface area contributed by atoms with Gasteiger partial charge in [0, 0.05) is 36.4 Å². The van der Waals surface area contributed by atoms with Crippen molar-refractivity contribution in [2.24, 2.45) is 4.99 Å². The molecule has 0 saturated heterocycles. The van der Waals surface area contributed by atoms with Crippen molar-refractivity contribution in [1.29, 1.82) is 0 Å². The molecule has 1 fully saturated rings. The number of guanidine groups is 1. The standard InChI is InChI=1S/C18H24ClN5.HI/c1-20-18(23-16-5-3-2-4-6-16)21-11-14-12-22-24(13-14)17-9-7-15(19)8-10-17;/h7-10,12-13,16H,2-6,11H2,1H3,(H2,20,21,23);1H. The molecule has 1 aromatic heterocycles. The van der Waals surface area contributed by atoms with Crippen molar-refractivity contribution in [3.8, 4) is 5.69 Å². The van der Waals surface area contributed by atoms with E-state index < -0.39 is 0 Å². The van der Waals surface area contributed by atoms with E-state index in [2.05, 4.69) is 20.7 Å². The van der Waals surface area contributed by atoms with Crippen LogP contribution in [0.15, 0.2) is 41.7 Å². The summed E-state index contributed by atoms with van der Waals surface area (Å²) in [7, 11) is 1.81. The highest BCUT2D eigenvalue weighted by atomic mass is 127. The highest BCUT2D eigenvalue weighted by Crippen LogP contribution is 2.17. The summed E-state index contributed by atoms with van der Waals surface area (Å²) in [5.41, 5.74) is 2.10. The van der Waals surface area contributed by atoms with Crippen LogP contribution in [0.4, 0.5) is 0 Å². The van der Waals surface area contributed by atoms with Gasteiger partial charge in [0.2, 0.25) is 0 Å². The predicted molar refractivity (Wildman–Crippen MR) is 114 cm³/mol. The summed E-state index contributed by atoms with van der Waals surface area (Å²) >= 11 is 5.93. The number of halogens is 2. The van der Waals surface area contributed by atoms with Crippen LogP contribution < -0.4 is 10.6 Å². The summed E-state index contributed by atoms with van der Waals surface area (Å²) in [6.45, 7) is 0.694. The summed E-state index contributed by atoms with van der Waals surface area (Å²) in [4.78, 5) is 4.32. The van der Waals surface area contributed by atoms with E-state index in [1.54, 1.807) is 0 Å². The van der Waals surface area contributed by atoms with Crippen LogP contribution in [0.5, 0.6) is 0 Å². The van der Waals surface area contributed by atoms with Crippen LogP contribution in [0.2, 0.25) is 5.02 Å². The van der Waals surface area contributed by atoms with E-state index in [1.165, 1.54) is 32.1 Å². The highest BCUT2D eigenvalue weighted by Gasteiger charge is 2.14. The molecule has 2 N–H and O–H groups in total. The first kappa shape index (κ1) is 20.0. The summed E-state index contributed by atoms with van der Waals surface area (Å²) in [5, 5.41) is 12.0. The van der Waals surface area contributed by atoms with Crippen molar-refractivity contribution in [3.63, 3.8) is 0 Å². The van der Waals surface area contributed by atoms with Gasteiger partial charge in [-0.15, -0.1) is 24.0 Å². The fourth-order valence-corrected chi connectivity index (χ4v) is 3.13. The Morgan fingerprint density at radius 3 is 2.64 bits per heavy atom. The van der Waals surface area contributed by atoms with E-state index in [9.17, 15) is 0 Å². The smallest absolute Gasteiger partial charge is 0.191 e. The molecule has 1 heterocycles. The second kappa shape index (κ2) is 10.0. The molecule has 2 aromatic rings. The Bertz CT molecular complexity index is 677. The summed E-state index contributed by atoms with van der Waals surface area (Å²) < 4.78 is 1.85. The third kappa shape index (κ3) is 5.88. The number of aliphatic imine (C=N–C) groups is 1. The fourth-order valence-electron chi connectivity index (χ4n) is 3.01. The van der Waals surface area contributed by atoms with Gasteiger partial charge in [-0.2, -0.15) is 5.10 Å². The largest absolute Gasteiger partial charge is 0.354 e. The second-order valence-electron chi connectivity index (χ2n) is 6.17. The maximum atomic E-state index is 5.93. The molecular formula is C18H25ClIN5. The average molecular weight is 474 g/mol. The predicted octanol–water partition coefficient (Wildman–Crippen LogP) is 4.14. The SMILES string of the molecule is CN=C(NCc1cnn(-c2ccc(Cl)cc2)c1)NC1CCCCC1.I. The van der Waals surface area contributed by atoms with Crippen molar-refractivity contribution < 1.29 is 0 Å². The number of hydrogen-bond donors (Lipinski definition) is 2. The van der Waals surface area contributed by atoms with E-state index in [4.69, 9.17) is 11.6 Å². The Kier molecular flexibility index (Phi) is 8.02. The number of aromatic nitrogens is 2. The molecule has 136 valence electrons. The molecule has 0 unspecified atom stereocenters. The van der Waals surface area contributed by atoms with Gasteiger partial charge in [-0.25, -0.2) is 4.68 Å². The topological polar surface area (TPSA) is 54.2 Å². The Balaban J connectivity index is 0.00000225. The van der Waals surface area contributed by atoms with Gasteiger partial charge in [-0.1, -0.05) is 30.9 Å². The Morgan fingerprint density at radius 1 is 1.24 bits per heavy atom. The number of nitrogens with one attached hydrogen (secondary N) is 2. The van der Waals surface area contributed by atoms with E-state index in [-0.39, 0.29) is 24.0 Å². The molecule has 25 heavy (non-hydrogen) atoms. The van der Waals surface area contributed by atoms with E-state index in [1.807, 2.05) is 48.4 Å². The van der Waals surface area contributed by atoms with Gasteiger partial charge in [0.05, 0.1) is 11.9 Å². The zero-order chi connectivity index (χ0) is 16.8. The van der Waals surface area contributed by atoms with Gasteiger partial charge < -0.3 is 10.6 Å².